The van der Waals surface area contributed by atoms with Crippen molar-refractivity contribution in [3.63, 3.8) is 0 Å². The molecule has 27 heavy (non-hydrogen) atoms. The monoisotopic (exact) mass is 398 g/mol. The molecule has 6 nitrogen and oxygen atoms in total. The first kappa shape index (κ1) is 18.4. The third kappa shape index (κ3) is 3.99. The number of rotatable bonds is 2. The van der Waals surface area contributed by atoms with Crippen molar-refractivity contribution < 1.29 is 13.2 Å². The molecule has 3 heterocycles. The molecule has 1 saturated heterocycles. The topological polar surface area (TPSA) is 58.0 Å². The van der Waals surface area contributed by atoms with Crippen LogP contribution in [0.2, 0.25) is 0 Å². The van der Waals surface area contributed by atoms with E-state index in [0.717, 1.165) is 50.2 Å². The smallest absolute Gasteiger partial charge is 0.354 e. The van der Waals surface area contributed by atoms with E-state index in [2.05, 4.69) is 25.1 Å². The third-order valence-electron chi connectivity index (χ3n) is 5.07. The van der Waals surface area contributed by atoms with Crippen LogP contribution in [-0.2, 0) is 19.0 Å². The molecule has 0 aromatic carbocycles. The predicted molar refractivity (Wildman–Crippen MR) is 97.2 cm³/mol. The molecule has 2 aliphatic rings. The average Bonchev–Trinajstić information content (AvgIpc) is 2.87. The van der Waals surface area contributed by atoms with E-state index < -0.39 is 11.2 Å². The van der Waals surface area contributed by atoms with Crippen molar-refractivity contribution in [3.05, 3.63) is 22.6 Å². The summed E-state index contributed by atoms with van der Waals surface area (Å²) in [6.45, 7) is 2.79. The molecule has 0 spiro atoms. The predicted octanol–water partition coefficient (Wildman–Crippen LogP) is 3.33. The molecule has 0 unspecified atom stereocenters. The Kier molecular flexibility index (Phi) is 5.16. The van der Waals surface area contributed by atoms with E-state index in [4.69, 9.17) is 0 Å². The van der Waals surface area contributed by atoms with Gasteiger partial charge in [0.2, 0.25) is 10.1 Å². The van der Waals surface area contributed by atoms with Gasteiger partial charge in [-0.1, -0.05) is 17.8 Å². The summed E-state index contributed by atoms with van der Waals surface area (Å²) in [4.78, 5) is 13.2. The fourth-order valence-electron chi connectivity index (χ4n) is 3.73. The first-order valence-corrected chi connectivity index (χ1v) is 10.1. The van der Waals surface area contributed by atoms with Crippen LogP contribution < -0.4 is 9.80 Å². The van der Waals surface area contributed by atoms with Gasteiger partial charge in [0.25, 0.3) is 0 Å². The van der Waals surface area contributed by atoms with Crippen molar-refractivity contribution in [2.75, 3.05) is 36.0 Å². The second-order valence-electron chi connectivity index (χ2n) is 6.90. The summed E-state index contributed by atoms with van der Waals surface area (Å²) in [5.41, 5.74) is 2.40. The Balaban J connectivity index is 1.50. The van der Waals surface area contributed by atoms with Gasteiger partial charge in [-0.3, -0.25) is 0 Å². The summed E-state index contributed by atoms with van der Waals surface area (Å²) in [6, 6.07) is 0. The van der Waals surface area contributed by atoms with Crippen molar-refractivity contribution in [2.45, 2.75) is 44.7 Å². The Morgan fingerprint density at radius 1 is 0.852 bits per heavy atom. The van der Waals surface area contributed by atoms with E-state index in [1.807, 2.05) is 4.90 Å². The highest BCUT2D eigenvalue weighted by atomic mass is 32.1. The van der Waals surface area contributed by atoms with Gasteiger partial charge in [-0.15, -0.1) is 10.2 Å². The molecule has 1 aliphatic heterocycles. The molecule has 2 aromatic heterocycles. The number of hydrogen-bond donors (Lipinski definition) is 0. The van der Waals surface area contributed by atoms with Crippen molar-refractivity contribution in [3.8, 4) is 0 Å². The highest BCUT2D eigenvalue weighted by Gasteiger charge is 2.36. The molecule has 2 aromatic rings. The number of fused-ring (bicyclic) bond motifs is 1. The maximum absolute atomic E-state index is 12.8. The van der Waals surface area contributed by atoms with Crippen LogP contribution >= 0.6 is 11.3 Å². The lowest BCUT2D eigenvalue weighted by Gasteiger charge is -2.25. The molecule has 0 atom stereocenters. The minimum Gasteiger partial charge on any atom is -0.354 e. The standard InChI is InChI=1S/C17H21F3N6S/c18-17(19,20)15-23-24-16(27-15)26-8-4-7-25(9-10-26)14-12-5-2-1-3-6-13(12)21-11-22-14/h11H,1-10H2. The lowest BCUT2D eigenvalue weighted by atomic mass is 10.1. The lowest BCUT2D eigenvalue weighted by Crippen LogP contribution is -2.32. The second-order valence-corrected chi connectivity index (χ2v) is 7.85. The maximum Gasteiger partial charge on any atom is 0.445 e. The molecule has 0 N–H and O–H groups in total. The first-order chi connectivity index (χ1) is 13.0. The van der Waals surface area contributed by atoms with Crippen LogP contribution in [0.4, 0.5) is 24.1 Å². The normalized spacial score (nSPS) is 18.8. The van der Waals surface area contributed by atoms with Crippen molar-refractivity contribution >= 4 is 22.3 Å². The summed E-state index contributed by atoms with van der Waals surface area (Å²) < 4.78 is 38.4. The van der Waals surface area contributed by atoms with Gasteiger partial charge in [0.05, 0.1) is 0 Å². The largest absolute Gasteiger partial charge is 0.445 e. The zero-order chi connectivity index (χ0) is 18.9. The summed E-state index contributed by atoms with van der Waals surface area (Å²) in [5, 5.41) is 6.51. The van der Waals surface area contributed by atoms with Crippen molar-refractivity contribution in [2.24, 2.45) is 0 Å². The first-order valence-electron chi connectivity index (χ1n) is 9.26. The minimum atomic E-state index is -4.44. The van der Waals surface area contributed by atoms with Crippen LogP contribution in [0.3, 0.4) is 0 Å². The van der Waals surface area contributed by atoms with Gasteiger partial charge in [0.15, 0.2) is 0 Å². The van der Waals surface area contributed by atoms with E-state index in [1.54, 1.807) is 6.33 Å². The zero-order valence-electron chi connectivity index (χ0n) is 14.9. The number of nitrogens with zero attached hydrogens (tertiary/aromatic N) is 6. The summed E-state index contributed by atoms with van der Waals surface area (Å²) in [7, 11) is 0. The SMILES string of the molecule is FC(F)(F)c1nnc(N2CCCN(c3ncnc4c3CCCCC4)CC2)s1. The van der Waals surface area contributed by atoms with Crippen LogP contribution in [0.1, 0.15) is 41.9 Å². The number of aryl methyl sites for hydroxylation is 1. The van der Waals surface area contributed by atoms with Gasteiger partial charge in [-0.05, 0) is 32.1 Å². The van der Waals surface area contributed by atoms with Gasteiger partial charge in [-0.2, -0.15) is 13.2 Å². The molecule has 0 radical (unpaired) electrons. The molecule has 0 saturated carbocycles. The molecule has 1 aliphatic carbocycles. The van der Waals surface area contributed by atoms with E-state index >= 15 is 0 Å². The number of hydrogen-bond acceptors (Lipinski definition) is 7. The minimum absolute atomic E-state index is 0.339. The average molecular weight is 398 g/mol. The van der Waals surface area contributed by atoms with Gasteiger partial charge in [0.1, 0.15) is 12.1 Å². The Hall–Kier alpha value is -1.97. The molecule has 146 valence electrons. The van der Waals surface area contributed by atoms with E-state index in [-0.39, 0.29) is 0 Å². The fourth-order valence-corrected chi connectivity index (χ4v) is 4.50. The maximum atomic E-state index is 12.8. The fraction of sp³-hybridized carbons (Fsp3) is 0.647. The van der Waals surface area contributed by atoms with Crippen LogP contribution in [0.5, 0.6) is 0 Å². The number of alkyl halides is 3. The van der Waals surface area contributed by atoms with Crippen LogP contribution in [0.15, 0.2) is 6.33 Å². The Labute approximate surface area is 159 Å². The molecule has 4 rings (SSSR count). The van der Waals surface area contributed by atoms with Crippen LogP contribution in [-0.4, -0.2) is 46.3 Å². The molecular weight excluding hydrogens is 377 g/mol. The zero-order valence-corrected chi connectivity index (χ0v) is 15.7. The Morgan fingerprint density at radius 2 is 1.63 bits per heavy atom. The Morgan fingerprint density at radius 3 is 2.44 bits per heavy atom. The van der Waals surface area contributed by atoms with E-state index in [0.29, 0.717) is 36.1 Å². The quantitative estimate of drug-likeness (QED) is 0.724. The summed E-state index contributed by atoms with van der Waals surface area (Å²) >= 11 is 0.613. The van der Waals surface area contributed by atoms with Crippen molar-refractivity contribution in [1.29, 1.82) is 0 Å². The highest BCUT2D eigenvalue weighted by Crippen LogP contribution is 2.35. The van der Waals surface area contributed by atoms with Gasteiger partial charge >= 0.3 is 6.18 Å². The molecule has 1 fully saturated rings. The molecule has 0 amide bonds. The summed E-state index contributed by atoms with van der Waals surface area (Å²) in [5.74, 6) is 0.997. The van der Waals surface area contributed by atoms with Gasteiger partial charge < -0.3 is 9.80 Å². The highest BCUT2D eigenvalue weighted by molar-refractivity contribution is 7.15. The van der Waals surface area contributed by atoms with Crippen molar-refractivity contribution in [1.82, 2.24) is 20.2 Å². The van der Waals surface area contributed by atoms with Crippen LogP contribution in [0.25, 0.3) is 0 Å². The molecular formula is C17H21F3N6S. The van der Waals surface area contributed by atoms with E-state index in [9.17, 15) is 13.2 Å². The van der Waals surface area contributed by atoms with Gasteiger partial charge in [-0.25, -0.2) is 9.97 Å². The third-order valence-corrected chi connectivity index (χ3v) is 6.10. The van der Waals surface area contributed by atoms with Crippen LogP contribution in [0, 0.1) is 0 Å². The van der Waals surface area contributed by atoms with Gasteiger partial charge in [0, 0.05) is 37.4 Å². The van der Waals surface area contributed by atoms with E-state index in [1.165, 1.54) is 12.0 Å². The number of anilines is 2. The summed E-state index contributed by atoms with van der Waals surface area (Å²) in [6.07, 6.45) is 3.55. The second kappa shape index (κ2) is 7.57. The number of halogens is 3. The molecule has 0 bridgehead atoms. The number of aromatic nitrogens is 4. The Bertz CT molecular complexity index is 793. The molecule has 10 heteroatoms. The lowest BCUT2D eigenvalue weighted by molar-refractivity contribution is -0.138.